The fraction of sp³-hybridized carbons (Fsp3) is 0.889. The summed E-state index contributed by atoms with van der Waals surface area (Å²) in [5.74, 6) is -0.225. The minimum atomic E-state index is -0.225. The summed E-state index contributed by atoms with van der Waals surface area (Å²) in [5, 5.41) is 8.43. The number of esters is 1. The lowest BCUT2D eigenvalue weighted by atomic mass is 10.5. The Bertz CT molecular complexity index is 152. The average Bonchev–Trinajstić information content (AvgIpc) is 2.13. The van der Waals surface area contributed by atoms with Crippen molar-refractivity contribution in [2.45, 2.75) is 6.92 Å². The van der Waals surface area contributed by atoms with Gasteiger partial charge in [0, 0.05) is 6.54 Å². The maximum absolute atomic E-state index is 11.0. The molecule has 0 amide bonds. The van der Waals surface area contributed by atoms with Gasteiger partial charge < -0.3 is 14.6 Å². The molecule has 0 aromatic rings. The molecular formula is C9H19NO4. The molecule has 0 unspecified atom stereocenters. The molecule has 0 bridgehead atoms. The molecule has 14 heavy (non-hydrogen) atoms. The molecule has 5 heteroatoms. The first kappa shape index (κ1) is 13.4. The van der Waals surface area contributed by atoms with Crippen molar-refractivity contribution in [1.82, 2.24) is 4.90 Å². The van der Waals surface area contributed by atoms with Crippen LogP contribution in [0.4, 0.5) is 0 Å². The zero-order valence-corrected chi connectivity index (χ0v) is 8.86. The van der Waals surface area contributed by atoms with E-state index < -0.39 is 0 Å². The van der Waals surface area contributed by atoms with E-state index in [0.717, 1.165) is 0 Å². The fourth-order valence-electron chi connectivity index (χ4n) is 0.893. The van der Waals surface area contributed by atoms with Crippen LogP contribution in [0, 0.1) is 0 Å². The van der Waals surface area contributed by atoms with E-state index in [1.807, 2.05) is 11.9 Å². The maximum Gasteiger partial charge on any atom is 0.320 e. The fourth-order valence-corrected chi connectivity index (χ4v) is 0.893. The summed E-state index contributed by atoms with van der Waals surface area (Å²) in [6, 6.07) is 0. The Kier molecular flexibility index (Phi) is 8.51. The molecule has 0 aromatic carbocycles. The van der Waals surface area contributed by atoms with Crippen LogP contribution >= 0.6 is 0 Å². The highest BCUT2D eigenvalue weighted by Gasteiger charge is 2.05. The quantitative estimate of drug-likeness (QED) is 0.427. The molecule has 1 N–H and O–H groups in total. The van der Waals surface area contributed by atoms with E-state index in [4.69, 9.17) is 14.6 Å². The van der Waals surface area contributed by atoms with Crippen LogP contribution in [-0.4, -0.2) is 62.5 Å². The lowest BCUT2D eigenvalue weighted by Crippen LogP contribution is -2.30. The SMILES string of the molecule is CCOC(=O)CN(C)CCOCCO. The Balaban J connectivity index is 3.35. The summed E-state index contributed by atoms with van der Waals surface area (Å²) in [6.07, 6.45) is 0. The van der Waals surface area contributed by atoms with Crippen LogP contribution in [-0.2, 0) is 14.3 Å². The van der Waals surface area contributed by atoms with E-state index in [1.54, 1.807) is 6.92 Å². The van der Waals surface area contributed by atoms with Crippen molar-refractivity contribution < 1.29 is 19.4 Å². The van der Waals surface area contributed by atoms with Crippen LogP contribution in [0.2, 0.25) is 0 Å². The summed E-state index contributed by atoms with van der Waals surface area (Å²) in [7, 11) is 1.82. The lowest BCUT2D eigenvalue weighted by Gasteiger charge is -2.14. The van der Waals surface area contributed by atoms with Crippen LogP contribution in [0.5, 0.6) is 0 Å². The number of aliphatic hydroxyl groups excluding tert-OH is 1. The van der Waals surface area contributed by atoms with Crippen molar-refractivity contribution in [2.75, 3.05) is 46.6 Å². The molecule has 0 aliphatic heterocycles. The first-order valence-corrected chi connectivity index (χ1v) is 4.73. The van der Waals surface area contributed by atoms with Crippen molar-refractivity contribution in [2.24, 2.45) is 0 Å². The summed E-state index contributed by atoms with van der Waals surface area (Å²) in [5.41, 5.74) is 0. The van der Waals surface area contributed by atoms with Gasteiger partial charge in [0.2, 0.25) is 0 Å². The van der Waals surface area contributed by atoms with Gasteiger partial charge in [0.25, 0.3) is 0 Å². The molecule has 0 atom stereocenters. The highest BCUT2D eigenvalue weighted by molar-refractivity contribution is 5.71. The molecule has 0 rings (SSSR count). The zero-order chi connectivity index (χ0) is 10.8. The van der Waals surface area contributed by atoms with Gasteiger partial charge in [0.15, 0.2) is 0 Å². The predicted molar refractivity (Wildman–Crippen MR) is 52.0 cm³/mol. The molecule has 0 spiro atoms. The molecule has 0 fully saturated rings. The largest absolute Gasteiger partial charge is 0.465 e. The van der Waals surface area contributed by atoms with E-state index in [1.165, 1.54) is 0 Å². The minimum absolute atomic E-state index is 0.0294. The van der Waals surface area contributed by atoms with Crippen molar-refractivity contribution >= 4 is 5.97 Å². The Morgan fingerprint density at radius 1 is 1.43 bits per heavy atom. The Morgan fingerprint density at radius 3 is 2.71 bits per heavy atom. The summed E-state index contributed by atoms with van der Waals surface area (Å²) in [6.45, 7) is 4.00. The monoisotopic (exact) mass is 205 g/mol. The second-order valence-corrected chi connectivity index (χ2v) is 2.88. The van der Waals surface area contributed by atoms with Gasteiger partial charge in [-0.1, -0.05) is 0 Å². The van der Waals surface area contributed by atoms with Crippen LogP contribution < -0.4 is 0 Å². The number of ether oxygens (including phenoxy) is 2. The van der Waals surface area contributed by atoms with Gasteiger partial charge >= 0.3 is 5.97 Å². The second-order valence-electron chi connectivity index (χ2n) is 2.88. The normalized spacial score (nSPS) is 10.6. The first-order valence-electron chi connectivity index (χ1n) is 4.73. The molecular weight excluding hydrogens is 186 g/mol. The third-order valence-electron chi connectivity index (χ3n) is 1.56. The first-order chi connectivity index (χ1) is 6.70. The number of carbonyl (C=O) groups excluding carboxylic acids is 1. The van der Waals surface area contributed by atoms with Crippen molar-refractivity contribution in [1.29, 1.82) is 0 Å². The summed E-state index contributed by atoms with van der Waals surface area (Å²) >= 11 is 0. The highest BCUT2D eigenvalue weighted by Crippen LogP contribution is 1.86. The second kappa shape index (κ2) is 8.93. The van der Waals surface area contributed by atoms with Gasteiger partial charge in [-0.25, -0.2) is 0 Å². The number of hydrogen-bond donors (Lipinski definition) is 1. The number of rotatable bonds is 8. The van der Waals surface area contributed by atoms with Gasteiger partial charge in [-0.2, -0.15) is 0 Å². The summed E-state index contributed by atoms with van der Waals surface area (Å²) < 4.78 is 9.83. The van der Waals surface area contributed by atoms with E-state index in [0.29, 0.717) is 26.4 Å². The Labute approximate surface area is 84.6 Å². The lowest BCUT2D eigenvalue weighted by molar-refractivity contribution is -0.144. The maximum atomic E-state index is 11.0. The van der Waals surface area contributed by atoms with Crippen molar-refractivity contribution in [3.05, 3.63) is 0 Å². The van der Waals surface area contributed by atoms with Gasteiger partial charge in [0.1, 0.15) is 0 Å². The predicted octanol–water partition coefficient (Wildman–Crippen LogP) is -0.510. The third-order valence-corrected chi connectivity index (χ3v) is 1.56. The highest BCUT2D eigenvalue weighted by atomic mass is 16.5. The molecule has 0 aliphatic carbocycles. The Morgan fingerprint density at radius 2 is 2.14 bits per heavy atom. The molecule has 0 heterocycles. The van der Waals surface area contributed by atoms with E-state index in [9.17, 15) is 4.79 Å². The third kappa shape index (κ3) is 7.97. The van der Waals surface area contributed by atoms with Crippen LogP contribution in [0.3, 0.4) is 0 Å². The minimum Gasteiger partial charge on any atom is -0.465 e. The van der Waals surface area contributed by atoms with Crippen LogP contribution in [0.1, 0.15) is 6.92 Å². The molecule has 5 nitrogen and oxygen atoms in total. The van der Waals surface area contributed by atoms with Gasteiger partial charge in [0.05, 0.1) is 33.0 Å². The molecule has 0 saturated carbocycles. The van der Waals surface area contributed by atoms with E-state index in [2.05, 4.69) is 0 Å². The average molecular weight is 205 g/mol. The molecule has 0 aliphatic rings. The Hall–Kier alpha value is -0.650. The number of hydrogen-bond acceptors (Lipinski definition) is 5. The van der Waals surface area contributed by atoms with Crippen molar-refractivity contribution in [3.63, 3.8) is 0 Å². The number of carbonyl (C=O) groups is 1. The van der Waals surface area contributed by atoms with E-state index in [-0.39, 0.29) is 19.1 Å². The summed E-state index contributed by atoms with van der Waals surface area (Å²) in [4.78, 5) is 12.8. The molecule has 84 valence electrons. The number of aliphatic hydroxyl groups is 1. The van der Waals surface area contributed by atoms with Gasteiger partial charge in [-0.05, 0) is 14.0 Å². The van der Waals surface area contributed by atoms with Gasteiger partial charge in [-0.15, -0.1) is 0 Å². The van der Waals surface area contributed by atoms with Gasteiger partial charge in [-0.3, -0.25) is 9.69 Å². The standard InChI is InChI=1S/C9H19NO4/c1-3-14-9(12)8-10(2)4-6-13-7-5-11/h11H,3-8H2,1-2H3. The zero-order valence-electron chi connectivity index (χ0n) is 8.86. The molecule has 0 aromatic heterocycles. The molecule has 0 radical (unpaired) electrons. The smallest absolute Gasteiger partial charge is 0.320 e. The molecule has 0 saturated heterocycles. The topological polar surface area (TPSA) is 59.0 Å². The van der Waals surface area contributed by atoms with Crippen molar-refractivity contribution in [3.8, 4) is 0 Å². The van der Waals surface area contributed by atoms with Crippen LogP contribution in [0.15, 0.2) is 0 Å². The van der Waals surface area contributed by atoms with Crippen LogP contribution in [0.25, 0.3) is 0 Å². The van der Waals surface area contributed by atoms with E-state index >= 15 is 0 Å². The number of likely N-dealkylation sites (N-methyl/N-ethyl adjacent to an activating group) is 1. The number of nitrogens with zero attached hydrogens (tertiary/aromatic N) is 1.